The highest BCUT2D eigenvalue weighted by molar-refractivity contribution is 7.18. The van der Waals surface area contributed by atoms with E-state index < -0.39 is 0 Å². The van der Waals surface area contributed by atoms with Gasteiger partial charge in [-0.25, -0.2) is 4.98 Å². The number of hydrogen-bond donors (Lipinski definition) is 2. The third-order valence-corrected chi connectivity index (χ3v) is 5.58. The Morgan fingerprint density at radius 1 is 1.29 bits per heavy atom. The Balaban J connectivity index is 1.76. The van der Waals surface area contributed by atoms with Crippen molar-refractivity contribution in [1.29, 1.82) is 0 Å². The van der Waals surface area contributed by atoms with E-state index in [2.05, 4.69) is 16.8 Å². The standard InChI is InChI=1S/C14H23N5OS/c1-9-3-2-6-19(9)13(20)11-12(16)17-14(21-11)18-7-4-10(15)5-8-18/h9-10H,2-8,15-16H2,1H3. The first-order valence-electron chi connectivity index (χ1n) is 7.64. The minimum Gasteiger partial charge on any atom is -0.382 e. The Bertz CT molecular complexity index is 523. The van der Waals surface area contributed by atoms with Gasteiger partial charge in [-0.1, -0.05) is 11.3 Å². The summed E-state index contributed by atoms with van der Waals surface area (Å²) in [7, 11) is 0. The van der Waals surface area contributed by atoms with Crippen molar-refractivity contribution >= 4 is 28.2 Å². The zero-order valence-corrected chi connectivity index (χ0v) is 13.2. The van der Waals surface area contributed by atoms with Crippen LogP contribution in [-0.4, -0.2) is 47.5 Å². The van der Waals surface area contributed by atoms with Crippen LogP contribution in [-0.2, 0) is 0 Å². The van der Waals surface area contributed by atoms with E-state index in [0.29, 0.717) is 16.7 Å². The lowest BCUT2D eigenvalue weighted by Crippen LogP contribution is -2.39. The molecular formula is C14H23N5OS. The fourth-order valence-electron chi connectivity index (χ4n) is 3.06. The third kappa shape index (κ3) is 2.85. The second-order valence-corrected chi connectivity index (χ2v) is 7.00. The maximum Gasteiger partial charge on any atom is 0.268 e. The maximum absolute atomic E-state index is 12.6. The molecule has 6 nitrogen and oxygen atoms in total. The molecule has 0 radical (unpaired) electrons. The number of likely N-dealkylation sites (tertiary alicyclic amines) is 1. The van der Waals surface area contributed by atoms with Gasteiger partial charge >= 0.3 is 0 Å². The fourth-order valence-corrected chi connectivity index (χ4v) is 4.06. The van der Waals surface area contributed by atoms with Gasteiger partial charge in [-0.15, -0.1) is 0 Å². The van der Waals surface area contributed by atoms with Crippen LogP contribution in [0.15, 0.2) is 0 Å². The second kappa shape index (κ2) is 5.81. The number of carbonyl (C=O) groups is 1. The van der Waals surface area contributed by atoms with Crippen molar-refractivity contribution < 1.29 is 4.79 Å². The van der Waals surface area contributed by atoms with Crippen LogP contribution in [0.2, 0.25) is 0 Å². The van der Waals surface area contributed by atoms with Gasteiger partial charge < -0.3 is 21.3 Å². The average molecular weight is 309 g/mol. The van der Waals surface area contributed by atoms with E-state index >= 15 is 0 Å². The monoisotopic (exact) mass is 309 g/mol. The van der Waals surface area contributed by atoms with Crippen molar-refractivity contribution in [2.24, 2.45) is 5.73 Å². The number of anilines is 2. The molecule has 2 aliphatic heterocycles. The number of nitrogen functional groups attached to an aromatic ring is 1. The first-order chi connectivity index (χ1) is 10.1. The molecule has 7 heteroatoms. The molecule has 0 bridgehead atoms. The molecule has 3 rings (SSSR count). The molecule has 0 saturated carbocycles. The van der Waals surface area contributed by atoms with Crippen LogP contribution in [0, 0.1) is 0 Å². The van der Waals surface area contributed by atoms with Crippen molar-refractivity contribution in [1.82, 2.24) is 9.88 Å². The average Bonchev–Trinajstić information content (AvgIpc) is 3.05. The number of aromatic nitrogens is 1. The van der Waals surface area contributed by atoms with Crippen molar-refractivity contribution in [3.05, 3.63) is 4.88 Å². The van der Waals surface area contributed by atoms with Crippen molar-refractivity contribution in [3.8, 4) is 0 Å². The Kier molecular flexibility index (Phi) is 4.03. The minimum absolute atomic E-state index is 0.0370. The van der Waals surface area contributed by atoms with Gasteiger partial charge in [-0.2, -0.15) is 0 Å². The molecule has 2 saturated heterocycles. The number of piperidine rings is 1. The molecular weight excluding hydrogens is 286 g/mol. The molecule has 116 valence electrons. The Morgan fingerprint density at radius 3 is 2.62 bits per heavy atom. The zero-order valence-electron chi connectivity index (χ0n) is 12.4. The SMILES string of the molecule is CC1CCCN1C(=O)c1sc(N2CCC(N)CC2)nc1N. The lowest BCUT2D eigenvalue weighted by molar-refractivity contribution is 0.0753. The maximum atomic E-state index is 12.6. The molecule has 3 heterocycles. The number of rotatable bonds is 2. The highest BCUT2D eigenvalue weighted by atomic mass is 32.1. The predicted octanol–water partition coefficient (Wildman–Crippen LogP) is 1.28. The minimum atomic E-state index is 0.0370. The number of carbonyl (C=O) groups excluding carboxylic acids is 1. The molecule has 0 aliphatic carbocycles. The van der Waals surface area contributed by atoms with Crippen LogP contribution in [0.5, 0.6) is 0 Å². The summed E-state index contributed by atoms with van der Waals surface area (Å²) < 4.78 is 0. The lowest BCUT2D eigenvalue weighted by atomic mass is 10.1. The molecule has 1 amide bonds. The topological polar surface area (TPSA) is 88.5 Å². The van der Waals surface area contributed by atoms with Gasteiger partial charge in [-0.05, 0) is 32.6 Å². The van der Waals surface area contributed by atoms with Crippen molar-refractivity contribution in [2.75, 3.05) is 30.3 Å². The highest BCUT2D eigenvalue weighted by Gasteiger charge is 2.30. The summed E-state index contributed by atoms with van der Waals surface area (Å²) in [4.78, 5) is 21.7. The first kappa shape index (κ1) is 14.6. The number of nitrogens with two attached hydrogens (primary N) is 2. The Hall–Kier alpha value is -1.34. The zero-order chi connectivity index (χ0) is 15.0. The summed E-state index contributed by atoms with van der Waals surface area (Å²) in [5, 5.41) is 0.856. The molecule has 0 spiro atoms. The molecule has 21 heavy (non-hydrogen) atoms. The van der Waals surface area contributed by atoms with Crippen LogP contribution < -0.4 is 16.4 Å². The molecule has 1 unspecified atom stereocenters. The van der Waals surface area contributed by atoms with Gasteiger partial charge in [0.2, 0.25) is 0 Å². The van der Waals surface area contributed by atoms with E-state index in [0.717, 1.165) is 50.4 Å². The molecule has 1 atom stereocenters. The Morgan fingerprint density at radius 2 is 2.00 bits per heavy atom. The van der Waals surface area contributed by atoms with Gasteiger partial charge in [0.1, 0.15) is 10.7 Å². The van der Waals surface area contributed by atoms with E-state index in [1.807, 2.05) is 4.90 Å². The summed E-state index contributed by atoms with van der Waals surface area (Å²) in [6, 6.07) is 0.584. The second-order valence-electron chi connectivity index (χ2n) is 6.03. The lowest BCUT2D eigenvalue weighted by Gasteiger charge is -2.29. The molecule has 2 fully saturated rings. The summed E-state index contributed by atoms with van der Waals surface area (Å²) in [5.41, 5.74) is 11.9. The number of amides is 1. The van der Waals surface area contributed by atoms with E-state index in [9.17, 15) is 4.79 Å². The molecule has 0 aromatic carbocycles. The van der Waals surface area contributed by atoms with Gasteiger partial charge in [-0.3, -0.25) is 4.79 Å². The van der Waals surface area contributed by atoms with Crippen LogP contribution >= 0.6 is 11.3 Å². The number of hydrogen-bond acceptors (Lipinski definition) is 6. The summed E-state index contributed by atoms with van der Waals surface area (Å²) in [6.07, 6.45) is 4.07. The van der Waals surface area contributed by atoms with Gasteiger partial charge in [0.15, 0.2) is 5.13 Å². The largest absolute Gasteiger partial charge is 0.382 e. The van der Waals surface area contributed by atoms with E-state index in [4.69, 9.17) is 11.5 Å². The molecule has 2 aliphatic rings. The van der Waals surface area contributed by atoms with E-state index in [1.54, 1.807) is 0 Å². The molecule has 1 aromatic heterocycles. The summed E-state index contributed by atoms with van der Waals surface area (Å²) >= 11 is 1.42. The van der Waals surface area contributed by atoms with Gasteiger partial charge in [0.05, 0.1) is 0 Å². The fraction of sp³-hybridized carbons (Fsp3) is 0.714. The van der Waals surface area contributed by atoms with Crippen LogP contribution in [0.3, 0.4) is 0 Å². The normalized spacial score (nSPS) is 23.8. The summed E-state index contributed by atoms with van der Waals surface area (Å²) in [6.45, 7) is 4.70. The van der Waals surface area contributed by atoms with Crippen molar-refractivity contribution in [2.45, 2.75) is 44.7 Å². The van der Waals surface area contributed by atoms with Gasteiger partial charge in [0, 0.05) is 31.7 Å². The summed E-state index contributed by atoms with van der Waals surface area (Å²) in [5.74, 6) is 0.406. The molecule has 4 N–H and O–H groups in total. The third-order valence-electron chi connectivity index (χ3n) is 4.46. The number of thiazole rings is 1. The highest BCUT2D eigenvalue weighted by Crippen LogP contribution is 2.32. The quantitative estimate of drug-likeness (QED) is 0.859. The number of nitrogens with zero attached hydrogens (tertiary/aromatic N) is 3. The van der Waals surface area contributed by atoms with Crippen LogP contribution in [0.1, 0.15) is 42.3 Å². The smallest absolute Gasteiger partial charge is 0.268 e. The Labute approximate surface area is 129 Å². The predicted molar refractivity (Wildman–Crippen MR) is 85.7 cm³/mol. The van der Waals surface area contributed by atoms with E-state index in [-0.39, 0.29) is 11.9 Å². The van der Waals surface area contributed by atoms with Crippen LogP contribution in [0.25, 0.3) is 0 Å². The van der Waals surface area contributed by atoms with Gasteiger partial charge in [0.25, 0.3) is 5.91 Å². The first-order valence-corrected chi connectivity index (χ1v) is 8.45. The van der Waals surface area contributed by atoms with E-state index in [1.165, 1.54) is 11.3 Å². The van der Waals surface area contributed by atoms with Crippen LogP contribution in [0.4, 0.5) is 10.9 Å². The molecule has 1 aromatic rings. The van der Waals surface area contributed by atoms with Crippen molar-refractivity contribution in [3.63, 3.8) is 0 Å².